The topological polar surface area (TPSA) is 50.2 Å². The molecule has 1 N–H and O–H groups in total. The van der Waals surface area contributed by atoms with E-state index in [2.05, 4.69) is 28.3 Å². The van der Waals surface area contributed by atoms with Crippen molar-refractivity contribution >= 4 is 11.5 Å². The quantitative estimate of drug-likeness (QED) is 0.925. The number of pyridine rings is 2. The van der Waals surface area contributed by atoms with Crippen LogP contribution < -0.4 is 10.9 Å². The monoisotopic (exact) mass is 270 g/mol. The third kappa shape index (κ3) is 2.32. The van der Waals surface area contributed by atoms with Crippen LogP contribution in [-0.2, 0) is 7.05 Å². The Bertz CT molecular complexity index is 662. The van der Waals surface area contributed by atoms with Gasteiger partial charge in [-0.25, -0.2) is 4.98 Å². The van der Waals surface area contributed by atoms with E-state index in [0.717, 1.165) is 6.54 Å². The van der Waals surface area contributed by atoms with Gasteiger partial charge in [-0.3, -0.25) is 9.69 Å². The van der Waals surface area contributed by atoms with Crippen molar-refractivity contribution in [2.24, 2.45) is 7.05 Å². The molecule has 0 aliphatic carbocycles. The molecule has 0 spiro atoms. The Kier molecular flexibility index (Phi) is 3.28. The molecule has 1 fully saturated rings. The molecule has 0 radical (unpaired) electrons. The number of hydrogen-bond donors (Lipinski definition) is 1. The lowest BCUT2D eigenvalue weighted by Gasteiger charge is -2.37. The minimum absolute atomic E-state index is 0.0582. The zero-order chi connectivity index (χ0) is 14.1. The van der Waals surface area contributed by atoms with E-state index >= 15 is 0 Å². The van der Waals surface area contributed by atoms with Crippen LogP contribution in [0.3, 0.4) is 0 Å². The minimum atomic E-state index is -0.0582. The summed E-state index contributed by atoms with van der Waals surface area (Å²) in [6.45, 7) is 1.14. The second-order valence-electron chi connectivity index (χ2n) is 5.22. The first-order valence-corrected chi connectivity index (χ1v) is 6.74. The highest BCUT2D eigenvalue weighted by Crippen LogP contribution is 2.31. The third-order valence-corrected chi connectivity index (χ3v) is 3.84. The van der Waals surface area contributed by atoms with Gasteiger partial charge in [0.15, 0.2) is 0 Å². The summed E-state index contributed by atoms with van der Waals surface area (Å²) in [5.74, 6) is 0.694. The van der Waals surface area contributed by atoms with Gasteiger partial charge in [-0.05, 0) is 37.2 Å². The molecule has 2 aromatic rings. The zero-order valence-electron chi connectivity index (χ0n) is 11.7. The fourth-order valence-electron chi connectivity index (χ4n) is 2.44. The Morgan fingerprint density at radius 1 is 1.30 bits per heavy atom. The van der Waals surface area contributed by atoms with Crippen molar-refractivity contribution in [3.8, 4) is 0 Å². The summed E-state index contributed by atoms with van der Waals surface area (Å²) in [4.78, 5) is 18.6. The fourth-order valence-corrected chi connectivity index (χ4v) is 2.44. The lowest BCUT2D eigenvalue weighted by molar-refractivity contribution is 0.127. The maximum absolute atomic E-state index is 11.9. The van der Waals surface area contributed by atoms with E-state index in [0.29, 0.717) is 17.5 Å². The molecular weight excluding hydrogens is 252 g/mol. The van der Waals surface area contributed by atoms with E-state index < -0.39 is 0 Å². The van der Waals surface area contributed by atoms with E-state index in [1.54, 1.807) is 23.9 Å². The van der Waals surface area contributed by atoms with Gasteiger partial charge in [0, 0.05) is 32.0 Å². The molecule has 20 heavy (non-hydrogen) atoms. The number of rotatable bonds is 3. The van der Waals surface area contributed by atoms with Crippen LogP contribution in [0, 0.1) is 0 Å². The number of hydrogen-bond acceptors (Lipinski definition) is 4. The van der Waals surface area contributed by atoms with Crippen molar-refractivity contribution in [2.45, 2.75) is 12.5 Å². The predicted molar refractivity (Wildman–Crippen MR) is 79.2 cm³/mol. The van der Waals surface area contributed by atoms with Crippen LogP contribution in [0.1, 0.15) is 18.0 Å². The van der Waals surface area contributed by atoms with E-state index in [1.807, 2.05) is 18.3 Å². The second-order valence-corrected chi connectivity index (χ2v) is 5.22. The molecule has 5 heteroatoms. The lowest BCUT2D eigenvalue weighted by atomic mass is 9.97. The molecule has 0 amide bonds. The molecule has 2 aromatic heterocycles. The van der Waals surface area contributed by atoms with Crippen LogP contribution in [0.15, 0.2) is 41.5 Å². The highest BCUT2D eigenvalue weighted by Gasteiger charge is 2.25. The normalized spacial score (nSPS) is 18.6. The van der Waals surface area contributed by atoms with Crippen molar-refractivity contribution in [2.75, 3.05) is 18.9 Å². The number of likely N-dealkylation sites (tertiary alicyclic amines) is 1. The first-order valence-electron chi connectivity index (χ1n) is 6.74. The molecule has 0 aromatic carbocycles. The summed E-state index contributed by atoms with van der Waals surface area (Å²) in [5.41, 5.74) is 1.71. The largest absolute Gasteiger partial charge is 0.336 e. The third-order valence-electron chi connectivity index (χ3n) is 3.84. The lowest BCUT2D eigenvalue weighted by Crippen LogP contribution is -2.37. The number of nitrogens with one attached hydrogen (secondary N) is 1. The Labute approximate surface area is 117 Å². The second kappa shape index (κ2) is 5.09. The summed E-state index contributed by atoms with van der Waals surface area (Å²) >= 11 is 0. The molecule has 0 saturated carbocycles. The summed E-state index contributed by atoms with van der Waals surface area (Å²) in [7, 11) is 3.85. The first kappa shape index (κ1) is 12.9. The van der Waals surface area contributed by atoms with E-state index in [-0.39, 0.29) is 5.56 Å². The van der Waals surface area contributed by atoms with Gasteiger partial charge in [-0.2, -0.15) is 0 Å². The maximum atomic E-state index is 11.9. The Balaban J connectivity index is 1.78. The van der Waals surface area contributed by atoms with Gasteiger partial charge >= 0.3 is 0 Å². The van der Waals surface area contributed by atoms with Crippen molar-refractivity contribution < 1.29 is 0 Å². The molecule has 104 valence electrons. The average molecular weight is 270 g/mol. The van der Waals surface area contributed by atoms with Crippen LogP contribution in [0.5, 0.6) is 0 Å². The van der Waals surface area contributed by atoms with Crippen LogP contribution >= 0.6 is 0 Å². The average Bonchev–Trinajstić information content (AvgIpc) is 2.44. The standard InChI is InChI=1S/C15H18N4O/c1-18-9-7-13(18)11-5-6-14(16-10-11)17-12-4-3-8-19(2)15(12)20/h3-6,8,10,13H,7,9H2,1-2H3,(H,16,17). The van der Waals surface area contributed by atoms with Crippen LogP contribution in [0.2, 0.25) is 0 Å². The number of aromatic nitrogens is 2. The van der Waals surface area contributed by atoms with Crippen molar-refractivity contribution in [1.82, 2.24) is 14.5 Å². The summed E-state index contributed by atoms with van der Waals surface area (Å²) in [6, 6.07) is 8.08. The summed E-state index contributed by atoms with van der Waals surface area (Å²) in [6.07, 6.45) is 4.80. The molecule has 1 aliphatic rings. The molecule has 1 unspecified atom stereocenters. The van der Waals surface area contributed by atoms with Crippen molar-refractivity contribution in [3.05, 3.63) is 52.6 Å². The van der Waals surface area contributed by atoms with E-state index in [9.17, 15) is 4.79 Å². The molecule has 5 nitrogen and oxygen atoms in total. The highest BCUT2D eigenvalue weighted by molar-refractivity contribution is 5.54. The van der Waals surface area contributed by atoms with Crippen molar-refractivity contribution in [3.63, 3.8) is 0 Å². The maximum Gasteiger partial charge on any atom is 0.274 e. The summed E-state index contributed by atoms with van der Waals surface area (Å²) in [5, 5.41) is 3.07. The Morgan fingerprint density at radius 3 is 2.75 bits per heavy atom. The van der Waals surface area contributed by atoms with Crippen LogP contribution in [-0.4, -0.2) is 28.0 Å². The van der Waals surface area contributed by atoms with Gasteiger partial charge in [0.25, 0.3) is 5.56 Å². The minimum Gasteiger partial charge on any atom is -0.336 e. The summed E-state index contributed by atoms with van der Waals surface area (Å²) < 4.78 is 1.54. The fraction of sp³-hybridized carbons (Fsp3) is 0.333. The molecule has 3 rings (SSSR count). The van der Waals surface area contributed by atoms with E-state index in [1.165, 1.54) is 12.0 Å². The molecule has 1 atom stereocenters. The SMILES string of the molecule is CN1CCC1c1ccc(Nc2cccn(C)c2=O)nc1. The number of nitrogens with zero attached hydrogens (tertiary/aromatic N) is 3. The number of anilines is 2. The van der Waals surface area contributed by atoms with Gasteiger partial charge in [0.05, 0.1) is 0 Å². The van der Waals surface area contributed by atoms with Gasteiger partial charge in [-0.1, -0.05) is 6.07 Å². The highest BCUT2D eigenvalue weighted by atomic mass is 16.1. The predicted octanol–water partition coefficient (Wildman–Crippen LogP) is 1.90. The molecule has 3 heterocycles. The van der Waals surface area contributed by atoms with Gasteiger partial charge in [-0.15, -0.1) is 0 Å². The van der Waals surface area contributed by atoms with Gasteiger partial charge < -0.3 is 9.88 Å². The van der Waals surface area contributed by atoms with Gasteiger partial charge in [0.2, 0.25) is 0 Å². The molecule has 0 bridgehead atoms. The molecular formula is C15H18N4O. The smallest absolute Gasteiger partial charge is 0.274 e. The van der Waals surface area contributed by atoms with Gasteiger partial charge in [0.1, 0.15) is 11.5 Å². The first-order chi connectivity index (χ1) is 9.65. The number of aryl methyl sites for hydroxylation is 1. The van der Waals surface area contributed by atoms with Crippen LogP contribution in [0.4, 0.5) is 11.5 Å². The zero-order valence-corrected chi connectivity index (χ0v) is 11.7. The van der Waals surface area contributed by atoms with E-state index in [4.69, 9.17) is 0 Å². The van der Waals surface area contributed by atoms with Crippen molar-refractivity contribution in [1.29, 1.82) is 0 Å². The molecule has 1 saturated heterocycles. The molecule has 1 aliphatic heterocycles. The Hall–Kier alpha value is -2.14. The van der Waals surface area contributed by atoms with Crippen LogP contribution in [0.25, 0.3) is 0 Å². The Morgan fingerprint density at radius 2 is 2.15 bits per heavy atom.